The van der Waals surface area contributed by atoms with E-state index in [0.29, 0.717) is 12.2 Å². The van der Waals surface area contributed by atoms with E-state index in [-0.39, 0.29) is 5.97 Å². The molecule has 0 unspecified atom stereocenters. The Morgan fingerprint density at radius 1 is 1.21 bits per heavy atom. The standard InChI is InChI=1S/C17H22O2/c1-4-9-16(12-14(3)17(18)19-5-2)13-15-10-7-6-8-11-15/h6-8,10-13H,4-5,9H2,1-3H3/b14-12+,16-13+. The van der Waals surface area contributed by atoms with Gasteiger partial charge in [-0.3, -0.25) is 0 Å². The topological polar surface area (TPSA) is 26.3 Å². The number of carbonyl (C=O) groups is 1. The second kappa shape index (κ2) is 8.30. The number of hydrogen-bond donors (Lipinski definition) is 0. The van der Waals surface area contributed by atoms with Gasteiger partial charge in [-0.1, -0.05) is 49.8 Å². The SMILES string of the molecule is CCCC(=C\c1ccccc1)/C=C(\C)C(=O)OCC. The lowest BCUT2D eigenvalue weighted by Gasteiger charge is -2.05. The van der Waals surface area contributed by atoms with E-state index in [1.807, 2.05) is 31.2 Å². The van der Waals surface area contributed by atoms with Gasteiger partial charge in [0.1, 0.15) is 0 Å². The maximum absolute atomic E-state index is 11.6. The predicted octanol–water partition coefficient (Wildman–Crippen LogP) is 4.38. The highest BCUT2D eigenvalue weighted by atomic mass is 16.5. The van der Waals surface area contributed by atoms with E-state index in [4.69, 9.17) is 4.74 Å². The molecule has 0 atom stereocenters. The van der Waals surface area contributed by atoms with E-state index in [9.17, 15) is 4.79 Å². The Balaban J connectivity index is 2.92. The Labute approximate surface area is 115 Å². The molecule has 0 heterocycles. The largest absolute Gasteiger partial charge is 0.463 e. The molecule has 1 aromatic rings. The molecule has 1 rings (SSSR count). The molecule has 0 aromatic heterocycles. The Bertz CT molecular complexity index is 455. The van der Waals surface area contributed by atoms with Crippen molar-refractivity contribution in [2.75, 3.05) is 6.61 Å². The molecule has 0 saturated heterocycles. The lowest BCUT2D eigenvalue weighted by Crippen LogP contribution is -2.05. The Hall–Kier alpha value is -1.83. The van der Waals surface area contributed by atoms with Gasteiger partial charge < -0.3 is 4.74 Å². The summed E-state index contributed by atoms with van der Waals surface area (Å²) in [5.74, 6) is -0.238. The van der Waals surface area contributed by atoms with E-state index >= 15 is 0 Å². The fourth-order valence-corrected chi connectivity index (χ4v) is 1.82. The molecule has 102 valence electrons. The number of allylic oxidation sites excluding steroid dienone is 2. The number of ether oxygens (including phenoxy) is 1. The normalized spacial score (nSPS) is 12.4. The van der Waals surface area contributed by atoms with Gasteiger partial charge in [-0.05, 0) is 37.5 Å². The molecule has 1 aromatic carbocycles. The highest BCUT2D eigenvalue weighted by Crippen LogP contribution is 2.15. The summed E-state index contributed by atoms with van der Waals surface area (Å²) in [5, 5.41) is 0. The first kappa shape index (κ1) is 15.2. The minimum atomic E-state index is -0.238. The Morgan fingerprint density at radius 2 is 1.89 bits per heavy atom. The fourth-order valence-electron chi connectivity index (χ4n) is 1.82. The highest BCUT2D eigenvalue weighted by molar-refractivity contribution is 5.88. The Morgan fingerprint density at radius 3 is 2.47 bits per heavy atom. The molecule has 2 nitrogen and oxygen atoms in total. The molecule has 0 aliphatic rings. The number of rotatable bonds is 6. The number of carbonyl (C=O) groups excluding carboxylic acids is 1. The van der Waals surface area contributed by atoms with Crippen LogP contribution in [0.3, 0.4) is 0 Å². The zero-order chi connectivity index (χ0) is 14.1. The van der Waals surface area contributed by atoms with Crippen LogP contribution in [0.15, 0.2) is 47.6 Å². The van der Waals surface area contributed by atoms with E-state index in [0.717, 1.165) is 24.0 Å². The van der Waals surface area contributed by atoms with Crippen LogP contribution in [-0.4, -0.2) is 12.6 Å². The van der Waals surface area contributed by atoms with E-state index in [1.165, 1.54) is 0 Å². The lowest BCUT2D eigenvalue weighted by atomic mass is 10.0. The van der Waals surface area contributed by atoms with Crippen molar-refractivity contribution < 1.29 is 9.53 Å². The summed E-state index contributed by atoms with van der Waals surface area (Å²) in [6, 6.07) is 10.1. The van der Waals surface area contributed by atoms with Gasteiger partial charge >= 0.3 is 5.97 Å². The van der Waals surface area contributed by atoms with Crippen LogP contribution in [0.4, 0.5) is 0 Å². The smallest absolute Gasteiger partial charge is 0.333 e. The molecule has 0 aliphatic heterocycles. The minimum Gasteiger partial charge on any atom is -0.463 e. The van der Waals surface area contributed by atoms with Crippen molar-refractivity contribution in [3.63, 3.8) is 0 Å². The van der Waals surface area contributed by atoms with E-state index < -0.39 is 0 Å². The molecule has 0 spiro atoms. The summed E-state index contributed by atoms with van der Waals surface area (Å²) in [4.78, 5) is 11.6. The molecule has 0 fully saturated rings. The van der Waals surface area contributed by atoms with Gasteiger partial charge in [0.2, 0.25) is 0 Å². The first-order valence-corrected chi connectivity index (χ1v) is 6.78. The van der Waals surface area contributed by atoms with Crippen LogP contribution in [0.1, 0.15) is 39.2 Å². The summed E-state index contributed by atoms with van der Waals surface area (Å²) in [7, 11) is 0. The third kappa shape index (κ3) is 5.56. The summed E-state index contributed by atoms with van der Waals surface area (Å²) < 4.78 is 5.00. The van der Waals surface area contributed by atoms with Crippen LogP contribution in [0.2, 0.25) is 0 Å². The van der Waals surface area contributed by atoms with Crippen molar-refractivity contribution >= 4 is 12.0 Å². The van der Waals surface area contributed by atoms with Gasteiger partial charge in [-0.15, -0.1) is 0 Å². The first-order chi connectivity index (χ1) is 9.17. The highest BCUT2D eigenvalue weighted by Gasteiger charge is 2.05. The van der Waals surface area contributed by atoms with Crippen molar-refractivity contribution in [2.24, 2.45) is 0 Å². The summed E-state index contributed by atoms with van der Waals surface area (Å²) in [6.07, 6.45) is 6.04. The Kier molecular flexibility index (Phi) is 6.65. The lowest BCUT2D eigenvalue weighted by molar-refractivity contribution is -0.138. The monoisotopic (exact) mass is 258 g/mol. The summed E-state index contributed by atoms with van der Waals surface area (Å²) in [5.41, 5.74) is 2.95. The molecule has 0 N–H and O–H groups in total. The van der Waals surface area contributed by atoms with Crippen molar-refractivity contribution in [2.45, 2.75) is 33.6 Å². The fraction of sp³-hybridized carbons (Fsp3) is 0.353. The van der Waals surface area contributed by atoms with Crippen molar-refractivity contribution in [1.29, 1.82) is 0 Å². The molecular weight excluding hydrogens is 236 g/mol. The van der Waals surface area contributed by atoms with Gasteiger partial charge in [0.05, 0.1) is 6.61 Å². The van der Waals surface area contributed by atoms with Gasteiger partial charge in [0, 0.05) is 5.57 Å². The molecule has 2 heteroatoms. The number of benzene rings is 1. The number of esters is 1. The molecule has 0 amide bonds. The quantitative estimate of drug-likeness (QED) is 0.430. The summed E-state index contributed by atoms with van der Waals surface area (Å²) in [6.45, 7) is 6.16. The van der Waals surface area contributed by atoms with Crippen molar-refractivity contribution in [1.82, 2.24) is 0 Å². The molecular formula is C17H22O2. The average Bonchev–Trinajstić information content (AvgIpc) is 2.40. The third-order valence-electron chi connectivity index (χ3n) is 2.69. The number of hydrogen-bond acceptors (Lipinski definition) is 2. The van der Waals surface area contributed by atoms with Crippen LogP contribution in [0.5, 0.6) is 0 Å². The van der Waals surface area contributed by atoms with Crippen LogP contribution < -0.4 is 0 Å². The van der Waals surface area contributed by atoms with Gasteiger partial charge in [-0.2, -0.15) is 0 Å². The third-order valence-corrected chi connectivity index (χ3v) is 2.69. The predicted molar refractivity (Wildman–Crippen MR) is 79.7 cm³/mol. The summed E-state index contributed by atoms with van der Waals surface area (Å²) >= 11 is 0. The van der Waals surface area contributed by atoms with Crippen LogP contribution >= 0.6 is 0 Å². The van der Waals surface area contributed by atoms with Crippen LogP contribution in [-0.2, 0) is 9.53 Å². The molecule has 0 saturated carbocycles. The molecule has 0 radical (unpaired) electrons. The molecule has 0 bridgehead atoms. The van der Waals surface area contributed by atoms with Crippen LogP contribution in [0, 0.1) is 0 Å². The first-order valence-electron chi connectivity index (χ1n) is 6.78. The van der Waals surface area contributed by atoms with Gasteiger partial charge in [0.15, 0.2) is 0 Å². The zero-order valence-electron chi connectivity index (χ0n) is 12.0. The van der Waals surface area contributed by atoms with Crippen molar-refractivity contribution in [3.8, 4) is 0 Å². The second-order valence-corrected chi connectivity index (χ2v) is 4.43. The van der Waals surface area contributed by atoms with Gasteiger partial charge in [0.25, 0.3) is 0 Å². The van der Waals surface area contributed by atoms with Crippen LogP contribution in [0.25, 0.3) is 6.08 Å². The zero-order valence-corrected chi connectivity index (χ0v) is 12.0. The maximum Gasteiger partial charge on any atom is 0.333 e. The minimum absolute atomic E-state index is 0.238. The van der Waals surface area contributed by atoms with Gasteiger partial charge in [-0.25, -0.2) is 4.79 Å². The van der Waals surface area contributed by atoms with E-state index in [1.54, 1.807) is 6.92 Å². The average molecular weight is 258 g/mol. The van der Waals surface area contributed by atoms with Crippen molar-refractivity contribution in [3.05, 3.63) is 53.1 Å². The maximum atomic E-state index is 11.6. The molecule has 19 heavy (non-hydrogen) atoms. The van der Waals surface area contributed by atoms with E-state index in [2.05, 4.69) is 25.1 Å². The second-order valence-electron chi connectivity index (χ2n) is 4.43. The molecule has 0 aliphatic carbocycles.